The van der Waals surface area contributed by atoms with Crippen molar-refractivity contribution in [2.45, 2.75) is 25.5 Å². The van der Waals surface area contributed by atoms with E-state index in [4.69, 9.17) is 21.1 Å². The van der Waals surface area contributed by atoms with E-state index in [1.165, 1.54) is 6.33 Å². The molecule has 2 aromatic carbocycles. The van der Waals surface area contributed by atoms with Crippen LogP contribution in [0.3, 0.4) is 0 Å². The molecule has 0 amide bonds. The zero-order valence-electron chi connectivity index (χ0n) is 14.9. The lowest BCUT2D eigenvalue weighted by Crippen LogP contribution is -2.17. The molecule has 6 nitrogen and oxygen atoms in total. The standard InChI is InChI=1S/C20H20ClN3O3/c1-26-18-9-2-15(3-10-18)4-11-20(25)27-19(12-24-14-22-13-23-24)16-5-7-17(21)8-6-16/h2-3,5-10,13-14,19H,4,11-12H2,1H3. The van der Waals surface area contributed by atoms with Gasteiger partial charge in [0, 0.05) is 11.4 Å². The first kappa shape index (κ1) is 18.9. The molecular weight excluding hydrogens is 366 g/mol. The van der Waals surface area contributed by atoms with Gasteiger partial charge < -0.3 is 9.47 Å². The number of methoxy groups -OCH3 is 1. The number of hydrogen-bond donors (Lipinski definition) is 0. The van der Waals surface area contributed by atoms with Crippen LogP contribution in [0, 0.1) is 0 Å². The van der Waals surface area contributed by atoms with Crippen molar-refractivity contribution < 1.29 is 14.3 Å². The fraction of sp³-hybridized carbons (Fsp3) is 0.250. The van der Waals surface area contributed by atoms with Gasteiger partial charge >= 0.3 is 5.97 Å². The Hall–Kier alpha value is -2.86. The van der Waals surface area contributed by atoms with Crippen molar-refractivity contribution in [3.63, 3.8) is 0 Å². The third-order valence-corrected chi connectivity index (χ3v) is 4.36. The van der Waals surface area contributed by atoms with Gasteiger partial charge in [-0.15, -0.1) is 0 Å². The highest BCUT2D eigenvalue weighted by atomic mass is 35.5. The maximum atomic E-state index is 12.4. The highest BCUT2D eigenvalue weighted by Gasteiger charge is 2.18. The van der Waals surface area contributed by atoms with E-state index < -0.39 is 6.10 Å². The van der Waals surface area contributed by atoms with Crippen LogP contribution in [0.4, 0.5) is 0 Å². The summed E-state index contributed by atoms with van der Waals surface area (Å²) in [5.41, 5.74) is 1.90. The van der Waals surface area contributed by atoms with E-state index in [9.17, 15) is 4.79 Å². The van der Waals surface area contributed by atoms with E-state index >= 15 is 0 Å². The maximum absolute atomic E-state index is 12.4. The summed E-state index contributed by atoms with van der Waals surface area (Å²) in [6, 6.07) is 14.9. The highest BCUT2D eigenvalue weighted by Crippen LogP contribution is 2.22. The van der Waals surface area contributed by atoms with Crippen LogP contribution in [0.25, 0.3) is 0 Å². The smallest absolute Gasteiger partial charge is 0.306 e. The topological polar surface area (TPSA) is 66.2 Å². The Morgan fingerprint density at radius 3 is 2.52 bits per heavy atom. The molecule has 0 saturated carbocycles. The van der Waals surface area contributed by atoms with Crippen LogP contribution in [0.5, 0.6) is 5.75 Å². The van der Waals surface area contributed by atoms with Crippen molar-refractivity contribution in [1.82, 2.24) is 14.8 Å². The second kappa shape index (κ2) is 9.19. The summed E-state index contributed by atoms with van der Waals surface area (Å²) in [4.78, 5) is 16.3. The van der Waals surface area contributed by atoms with E-state index in [2.05, 4.69) is 10.1 Å². The van der Waals surface area contributed by atoms with Gasteiger partial charge in [0.15, 0.2) is 0 Å². The van der Waals surface area contributed by atoms with Gasteiger partial charge in [-0.2, -0.15) is 5.10 Å². The third-order valence-electron chi connectivity index (χ3n) is 4.11. The van der Waals surface area contributed by atoms with Crippen LogP contribution in [0.15, 0.2) is 61.2 Å². The summed E-state index contributed by atoms with van der Waals surface area (Å²) in [6.45, 7) is 0.385. The molecule has 0 aliphatic rings. The van der Waals surface area contributed by atoms with Crippen molar-refractivity contribution >= 4 is 17.6 Å². The second-order valence-corrected chi connectivity index (χ2v) is 6.43. The quantitative estimate of drug-likeness (QED) is 0.551. The molecule has 7 heteroatoms. The van der Waals surface area contributed by atoms with E-state index in [1.54, 1.807) is 30.3 Å². The van der Waals surface area contributed by atoms with Crippen LogP contribution in [-0.4, -0.2) is 27.8 Å². The minimum atomic E-state index is -0.465. The number of rotatable bonds is 8. The monoisotopic (exact) mass is 385 g/mol. The summed E-state index contributed by atoms with van der Waals surface area (Å²) >= 11 is 5.96. The van der Waals surface area contributed by atoms with Crippen LogP contribution >= 0.6 is 11.6 Å². The molecular formula is C20H20ClN3O3. The fourth-order valence-electron chi connectivity index (χ4n) is 2.64. The first-order chi connectivity index (χ1) is 13.1. The van der Waals surface area contributed by atoms with Gasteiger partial charge in [-0.3, -0.25) is 4.79 Å². The number of hydrogen-bond acceptors (Lipinski definition) is 5. The lowest BCUT2D eigenvalue weighted by atomic mass is 10.1. The summed E-state index contributed by atoms with van der Waals surface area (Å²) in [7, 11) is 1.62. The van der Waals surface area contributed by atoms with E-state index in [0.29, 0.717) is 18.0 Å². The predicted octanol–water partition coefficient (Wildman–Crippen LogP) is 3.86. The predicted molar refractivity (Wildman–Crippen MR) is 102 cm³/mol. The largest absolute Gasteiger partial charge is 0.497 e. The molecule has 0 aliphatic heterocycles. The van der Waals surface area contributed by atoms with Gasteiger partial charge in [-0.25, -0.2) is 9.67 Å². The van der Waals surface area contributed by atoms with Crippen molar-refractivity contribution in [3.05, 3.63) is 77.3 Å². The van der Waals surface area contributed by atoms with Gasteiger partial charge in [0.1, 0.15) is 24.5 Å². The minimum absolute atomic E-state index is 0.272. The zero-order valence-corrected chi connectivity index (χ0v) is 15.7. The molecule has 27 heavy (non-hydrogen) atoms. The number of aromatic nitrogens is 3. The Balaban J connectivity index is 1.63. The van der Waals surface area contributed by atoms with Gasteiger partial charge in [0.2, 0.25) is 0 Å². The van der Waals surface area contributed by atoms with E-state index in [0.717, 1.165) is 16.9 Å². The van der Waals surface area contributed by atoms with Gasteiger partial charge in [-0.1, -0.05) is 35.9 Å². The van der Waals surface area contributed by atoms with Gasteiger partial charge in [0.05, 0.1) is 13.7 Å². The molecule has 1 atom stereocenters. The number of nitrogens with zero attached hydrogens (tertiary/aromatic N) is 3. The molecule has 0 N–H and O–H groups in total. The molecule has 0 bridgehead atoms. The van der Waals surface area contributed by atoms with Crippen molar-refractivity contribution in [1.29, 1.82) is 0 Å². The third kappa shape index (κ3) is 5.56. The number of carbonyl (C=O) groups is 1. The number of ether oxygens (including phenoxy) is 2. The molecule has 1 aromatic heterocycles. The summed E-state index contributed by atoms with van der Waals surface area (Å²) in [5.74, 6) is 0.517. The number of carbonyl (C=O) groups excluding carboxylic acids is 1. The fourth-order valence-corrected chi connectivity index (χ4v) is 2.77. The lowest BCUT2D eigenvalue weighted by molar-refractivity contribution is -0.150. The number of benzene rings is 2. The Bertz CT molecular complexity index is 849. The van der Waals surface area contributed by atoms with Crippen LogP contribution in [-0.2, 0) is 22.5 Å². The maximum Gasteiger partial charge on any atom is 0.306 e. The van der Waals surface area contributed by atoms with E-state index in [-0.39, 0.29) is 12.4 Å². The molecule has 3 aromatic rings. The number of esters is 1. The highest BCUT2D eigenvalue weighted by molar-refractivity contribution is 6.30. The SMILES string of the molecule is COc1ccc(CCC(=O)OC(Cn2cncn2)c2ccc(Cl)cc2)cc1. The first-order valence-corrected chi connectivity index (χ1v) is 8.92. The molecule has 1 unspecified atom stereocenters. The van der Waals surface area contributed by atoms with E-state index in [1.807, 2.05) is 36.4 Å². The Labute approximate surface area is 162 Å². The van der Waals surface area contributed by atoms with Gasteiger partial charge in [0.25, 0.3) is 0 Å². The minimum Gasteiger partial charge on any atom is -0.497 e. The number of halogens is 1. The normalized spacial score (nSPS) is 11.8. The second-order valence-electron chi connectivity index (χ2n) is 6.00. The Morgan fingerprint density at radius 1 is 1.15 bits per heavy atom. The first-order valence-electron chi connectivity index (χ1n) is 8.54. The number of aryl methyl sites for hydroxylation is 1. The molecule has 0 aliphatic carbocycles. The summed E-state index contributed by atoms with van der Waals surface area (Å²) < 4.78 is 12.5. The van der Waals surface area contributed by atoms with Crippen molar-refractivity contribution in [3.8, 4) is 5.75 Å². The van der Waals surface area contributed by atoms with Crippen LogP contribution in [0.1, 0.15) is 23.7 Å². The Kier molecular flexibility index (Phi) is 6.44. The molecule has 0 spiro atoms. The molecule has 140 valence electrons. The van der Waals surface area contributed by atoms with Gasteiger partial charge in [-0.05, 0) is 41.8 Å². The molecule has 3 rings (SSSR count). The average molecular weight is 386 g/mol. The molecule has 1 heterocycles. The van der Waals surface area contributed by atoms with Crippen molar-refractivity contribution in [2.24, 2.45) is 0 Å². The molecule has 0 fully saturated rings. The molecule has 0 radical (unpaired) electrons. The summed E-state index contributed by atoms with van der Waals surface area (Å²) in [6.07, 6.45) is 3.46. The molecule has 0 saturated heterocycles. The lowest BCUT2D eigenvalue weighted by Gasteiger charge is -2.18. The summed E-state index contributed by atoms with van der Waals surface area (Å²) in [5, 5.41) is 4.72. The van der Waals surface area contributed by atoms with Crippen LogP contribution in [0.2, 0.25) is 5.02 Å². The van der Waals surface area contributed by atoms with Crippen molar-refractivity contribution in [2.75, 3.05) is 7.11 Å². The zero-order chi connectivity index (χ0) is 19.1. The average Bonchev–Trinajstić information content (AvgIpc) is 3.20. The van der Waals surface area contributed by atoms with Crippen LogP contribution < -0.4 is 4.74 Å². The Morgan fingerprint density at radius 2 is 1.89 bits per heavy atom.